The van der Waals surface area contributed by atoms with Crippen molar-refractivity contribution in [2.45, 2.75) is 46.5 Å². The first-order chi connectivity index (χ1) is 15.3. The molecule has 0 saturated carbocycles. The summed E-state index contributed by atoms with van der Waals surface area (Å²) in [5.41, 5.74) is 3.57. The number of carbonyl (C=O) groups excluding carboxylic acids is 1. The number of piperidine rings is 1. The van der Waals surface area contributed by atoms with Gasteiger partial charge in [0, 0.05) is 37.7 Å². The molecule has 1 N–H and O–H groups in total. The van der Waals surface area contributed by atoms with Crippen molar-refractivity contribution in [1.82, 2.24) is 15.1 Å². The first-order valence-corrected chi connectivity index (χ1v) is 13.1. The SMILES string of the molecule is CC1=C(c2ccc(C)c(C)c2)S(=O)(=O)N=C1N1CCC(C(=O)NCCN2CCCC2)CC1. The molecule has 0 aliphatic carbocycles. The lowest BCUT2D eigenvalue weighted by Gasteiger charge is -2.33. The fourth-order valence-corrected chi connectivity index (χ4v) is 6.38. The Labute approximate surface area is 191 Å². The Bertz CT molecular complexity index is 1050. The number of amidine groups is 1. The summed E-state index contributed by atoms with van der Waals surface area (Å²) in [4.78, 5) is 17.3. The Morgan fingerprint density at radius 3 is 2.41 bits per heavy atom. The van der Waals surface area contributed by atoms with Crippen LogP contribution in [0.4, 0.5) is 0 Å². The van der Waals surface area contributed by atoms with Gasteiger partial charge in [-0.1, -0.05) is 18.2 Å². The molecule has 0 bridgehead atoms. The second-order valence-corrected chi connectivity index (χ2v) is 10.8. The predicted octanol–water partition coefficient (Wildman–Crippen LogP) is 2.70. The molecule has 0 spiro atoms. The predicted molar refractivity (Wildman–Crippen MR) is 128 cm³/mol. The molecule has 0 radical (unpaired) electrons. The molecular formula is C24H34N4O3S. The number of hydrogen-bond acceptors (Lipinski definition) is 5. The van der Waals surface area contributed by atoms with Crippen LogP contribution in [0.1, 0.15) is 49.3 Å². The van der Waals surface area contributed by atoms with Gasteiger partial charge in [-0.05, 0) is 76.2 Å². The molecule has 8 heteroatoms. The van der Waals surface area contributed by atoms with Gasteiger partial charge in [0.05, 0.1) is 0 Å². The van der Waals surface area contributed by atoms with Gasteiger partial charge >= 0.3 is 0 Å². The van der Waals surface area contributed by atoms with E-state index in [1.165, 1.54) is 12.8 Å². The summed E-state index contributed by atoms with van der Waals surface area (Å²) >= 11 is 0. The number of amides is 1. The number of benzene rings is 1. The summed E-state index contributed by atoms with van der Waals surface area (Å²) in [7, 11) is -3.73. The lowest BCUT2D eigenvalue weighted by atomic mass is 9.95. The Morgan fingerprint density at radius 1 is 1.06 bits per heavy atom. The number of hydrogen-bond donors (Lipinski definition) is 1. The van der Waals surface area contributed by atoms with Crippen LogP contribution in [0.25, 0.3) is 4.91 Å². The van der Waals surface area contributed by atoms with Crippen molar-refractivity contribution in [3.05, 3.63) is 40.5 Å². The fraction of sp³-hybridized carbons (Fsp3) is 0.583. The molecule has 1 aromatic carbocycles. The van der Waals surface area contributed by atoms with Crippen LogP contribution in [0.5, 0.6) is 0 Å². The number of likely N-dealkylation sites (tertiary alicyclic amines) is 2. The minimum absolute atomic E-state index is 0.0213. The molecule has 0 unspecified atom stereocenters. The van der Waals surface area contributed by atoms with Crippen LogP contribution in [0.15, 0.2) is 28.2 Å². The normalized spacial score (nSPS) is 21.8. The largest absolute Gasteiger partial charge is 0.356 e. The minimum atomic E-state index is -3.73. The first-order valence-electron chi connectivity index (χ1n) is 11.6. The molecular weight excluding hydrogens is 424 g/mol. The van der Waals surface area contributed by atoms with Gasteiger partial charge in [-0.2, -0.15) is 8.42 Å². The summed E-state index contributed by atoms with van der Waals surface area (Å²) < 4.78 is 29.9. The van der Waals surface area contributed by atoms with E-state index in [4.69, 9.17) is 0 Å². The molecule has 2 fully saturated rings. The number of nitrogens with zero attached hydrogens (tertiary/aromatic N) is 3. The van der Waals surface area contributed by atoms with Crippen LogP contribution < -0.4 is 5.32 Å². The Hall–Kier alpha value is -2.19. The van der Waals surface area contributed by atoms with Crippen molar-refractivity contribution in [3.8, 4) is 0 Å². The van der Waals surface area contributed by atoms with Crippen LogP contribution in [0.3, 0.4) is 0 Å². The standard InChI is InChI=1S/C24H34N4O3S/c1-17-6-7-21(16-18(17)2)22-19(3)23(26-32(22,30)31)28-13-8-20(9-14-28)24(29)25-10-15-27-11-4-5-12-27/h6-7,16,20H,4-5,8-15H2,1-3H3,(H,25,29). The average molecular weight is 459 g/mol. The minimum Gasteiger partial charge on any atom is -0.356 e. The lowest BCUT2D eigenvalue weighted by Crippen LogP contribution is -2.44. The molecule has 1 aromatic rings. The molecule has 7 nitrogen and oxygen atoms in total. The first kappa shape index (κ1) is 23.0. The molecule has 4 rings (SSSR count). The lowest BCUT2D eigenvalue weighted by molar-refractivity contribution is -0.126. The zero-order valence-corrected chi connectivity index (χ0v) is 20.2. The zero-order chi connectivity index (χ0) is 22.9. The maximum absolute atomic E-state index is 12.9. The van der Waals surface area contributed by atoms with Crippen molar-refractivity contribution in [1.29, 1.82) is 0 Å². The van der Waals surface area contributed by atoms with E-state index in [1.807, 2.05) is 43.9 Å². The van der Waals surface area contributed by atoms with Crippen molar-refractivity contribution < 1.29 is 13.2 Å². The Morgan fingerprint density at radius 2 is 1.75 bits per heavy atom. The number of aryl methyl sites for hydroxylation is 2. The van der Waals surface area contributed by atoms with E-state index in [9.17, 15) is 13.2 Å². The highest BCUT2D eigenvalue weighted by molar-refractivity contribution is 8.00. The highest BCUT2D eigenvalue weighted by Crippen LogP contribution is 2.35. The third-order valence-corrected chi connectivity index (χ3v) is 8.47. The average Bonchev–Trinajstić information content (AvgIpc) is 3.36. The van der Waals surface area contributed by atoms with Crippen LogP contribution in [0, 0.1) is 19.8 Å². The Balaban J connectivity index is 1.38. The van der Waals surface area contributed by atoms with E-state index in [1.54, 1.807) is 0 Å². The summed E-state index contributed by atoms with van der Waals surface area (Å²) in [5.74, 6) is 0.631. The van der Waals surface area contributed by atoms with Crippen molar-refractivity contribution in [3.63, 3.8) is 0 Å². The quantitative estimate of drug-likeness (QED) is 0.734. The molecule has 174 valence electrons. The summed E-state index contributed by atoms with van der Waals surface area (Å²) in [6.07, 6.45) is 3.93. The van der Waals surface area contributed by atoms with E-state index >= 15 is 0 Å². The summed E-state index contributed by atoms with van der Waals surface area (Å²) in [6, 6.07) is 5.73. The molecule has 3 aliphatic rings. The maximum atomic E-state index is 12.9. The summed E-state index contributed by atoms with van der Waals surface area (Å²) in [6.45, 7) is 11.0. The van der Waals surface area contributed by atoms with Crippen LogP contribution in [-0.2, 0) is 14.8 Å². The monoisotopic (exact) mass is 458 g/mol. The number of sulfonamides is 1. The van der Waals surface area contributed by atoms with Gasteiger partial charge in [0.1, 0.15) is 10.7 Å². The van der Waals surface area contributed by atoms with E-state index in [-0.39, 0.29) is 11.8 Å². The molecule has 2 saturated heterocycles. The molecule has 0 aromatic heterocycles. The van der Waals surface area contributed by atoms with Gasteiger partial charge in [-0.3, -0.25) is 4.79 Å². The van der Waals surface area contributed by atoms with Gasteiger partial charge in [-0.25, -0.2) is 0 Å². The van der Waals surface area contributed by atoms with Crippen molar-refractivity contribution in [2.24, 2.45) is 10.3 Å². The van der Waals surface area contributed by atoms with Gasteiger partial charge in [-0.15, -0.1) is 4.40 Å². The molecule has 3 heterocycles. The van der Waals surface area contributed by atoms with Crippen molar-refractivity contribution in [2.75, 3.05) is 39.3 Å². The van der Waals surface area contributed by atoms with Crippen LogP contribution in [-0.4, -0.2) is 69.2 Å². The second kappa shape index (κ2) is 9.35. The highest BCUT2D eigenvalue weighted by Gasteiger charge is 2.35. The van der Waals surface area contributed by atoms with Gasteiger partial charge in [0.2, 0.25) is 5.91 Å². The molecule has 32 heavy (non-hydrogen) atoms. The van der Waals surface area contributed by atoms with E-state index in [0.29, 0.717) is 54.4 Å². The topological polar surface area (TPSA) is 82.1 Å². The molecule has 1 amide bonds. The maximum Gasteiger partial charge on any atom is 0.285 e. The highest BCUT2D eigenvalue weighted by atomic mass is 32.2. The van der Waals surface area contributed by atoms with Crippen LogP contribution >= 0.6 is 0 Å². The van der Waals surface area contributed by atoms with Crippen LogP contribution in [0.2, 0.25) is 0 Å². The van der Waals surface area contributed by atoms with E-state index < -0.39 is 10.0 Å². The molecule has 0 atom stereocenters. The molecule has 3 aliphatic heterocycles. The third kappa shape index (κ3) is 4.76. The van der Waals surface area contributed by atoms with Crippen molar-refractivity contribution >= 4 is 26.7 Å². The zero-order valence-electron chi connectivity index (χ0n) is 19.4. The van der Waals surface area contributed by atoms with E-state index in [0.717, 1.165) is 30.8 Å². The Kier molecular flexibility index (Phi) is 6.72. The smallest absolute Gasteiger partial charge is 0.285 e. The second-order valence-electron chi connectivity index (χ2n) is 9.24. The number of rotatable bonds is 5. The fourth-order valence-electron chi connectivity index (χ4n) is 4.91. The van der Waals surface area contributed by atoms with Gasteiger partial charge in [0.15, 0.2) is 0 Å². The van der Waals surface area contributed by atoms with Gasteiger partial charge < -0.3 is 15.1 Å². The number of nitrogens with one attached hydrogen (secondary N) is 1. The third-order valence-electron chi connectivity index (χ3n) is 7.00. The van der Waals surface area contributed by atoms with Gasteiger partial charge in [0.25, 0.3) is 10.0 Å². The van der Waals surface area contributed by atoms with E-state index in [2.05, 4.69) is 14.6 Å². The number of carbonyl (C=O) groups is 1. The summed E-state index contributed by atoms with van der Waals surface area (Å²) in [5, 5.41) is 3.09.